The number of aromatic nitrogens is 1. The summed E-state index contributed by atoms with van der Waals surface area (Å²) in [7, 11) is 0. The van der Waals surface area contributed by atoms with Gasteiger partial charge in [-0.15, -0.1) is 0 Å². The van der Waals surface area contributed by atoms with Gasteiger partial charge in [0, 0.05) is 24.2 Å². The summed E-state index contributed by atoms with van der Waals surface area (Å²) in [5.74, 6) is 0.336. The summed E-state index contributed by atoms with van der Waals surface area (Å²) in [5, 5.41) is 21.4. The molecule has 0 unspecified atom stereocenters. The van der Waals surface area contributed by atoms with E-state index in [1.165, 1.54) is 6.20 Å². The molecule has 0 bridgehead atoms. The Morgan fingerprint density at radius 1 is 1.08 bits per heavy atom. The van der Waals surface area contributed by atoms with E-state index in [1.807, 2.05) is 43.3 Å². The molecular formula is C29H29FN4O3. The van der Waals surface area contributed by atoms with E-state index in [0.29, 0.717) is 23.3 Å². The number of ether oxygens (including phenoxy) is 2. The van der Waals surface area contributed by atoms with Crippen molar-refractivity contribution in [2.45, 2.75) is 44.8 Å². The van der Waals surface area contributed by atoms with Crippen LogP contribution in [0.3, 0.4) is 0 Å². The molecular weight excluding hydrogens is 470 g/mol. The van der Waals surface area contributed by atoms with Crippen molar-refractivity contribution >= 4 is 5.91 Å². The fraction of sp³-hybridized carbons (Fsp3) is 0.310. The van der Waals surface area contributed by atoms with Crippen LogP contribution in [0, 0.1) is 22.7 Å². The lowest BCUT2D eigenvalue weighted by Crippen LogP contribution is -2.51. The van der Waals surface area contributed by atoms with E-state index in [1.54, 1.807) is 44.2 Å². The van der Waals surface area contributed by atoms with Crippen LogP contribution in [-0.2, 0) is 11.2 Å². The van der Waals surface area contributed by atoms with Crippen LogP contribution in [0.5, 0.6) is 11.6 Å². The predicted octanol–water partition coefficient (Wildman–Crippen LogP) is 4.86. The Morgan fingerprint density at radius 3 is 2.43 bits per heavy atom. The Morgan fingerprint density at radius 2 is 1.81 bits per heavy atom. The third-order valence-electron chi connectivity index (χ3n) is 5.90. The first kappa shape index (κ1) is 27.2. The molecule has 7 nitrogen and oxygen atoms in total. The molecule has 1 heterocycles. The number of pyridine rings is 1. The highest BCUT2D eigenvalue weighted by Gasteiger charge is 2.33. The van der Waals surface area contributed by atoms with Gasteiger partial charge in [0.25, 0.3) is 5.91 Å². The number of benzene rings is 2. The molecule has 2 aromatic carbocycles. The van der Waals surface area contributed by atoms with E-state index in [-0.39, 0.29) is 30.4 Å². The highest BCUT2D eigenvalue weighted by atomic mass is 18.2. The van der Waals surface area contributed by atoms with Crippen molar-refractivity contribution in [1.29, 1.82) is 10.5 Å². The average Bonchev–Trinajstić information content (AvgIpc) is 2.91. The topological polar surface area (TPSA) is 108 Å². The van der Waals surface area contributed by atoms with Gasteiger partial charge in [0.05, 0.1) is 17.2 Å². The van der Waals surface area contributed by atoms with E-state index < -0.39 is 12.3 Å². The van der Waals surface area contributed by atoms with Gasteiger partial charge < -0.3 is 14.8 Å². The van der Waals surface area contributed by atoms with Gasteiger partial charge in [-0.05, 0) is 68.7 Å². The maximum Gasteiger partial charge on any atom is 0.263 e. The molecule has 190 valence electrons. The molecule has 3 aromatic rings. The van der Waals surface area contributed by atoms with Gasteiger partial charge >= 0.3 is 0 Å². The van der Waals surface area contributed by atoms with Crippen molar-refractivity contribution in [3.05, 3.63) is 89.1 Å². The minimum absolute atomic E-state index is 0.00182. The number of hydrogen-bond acceptors (Lipinski definition) is 6. The quantitative estimate of drug-likeness (QED) is 0.404. The maximum absolute atomic E-state index is 13.2. The van der Waals surface area contributed by atoms with Crippen molar-refractivity contribution in [2.75, 3.05) is 13.3 Å². The lowest BCUT2D eigenvalue weighted by molar-refractivity contribution is -0.135. The molecule has 0 aliphatic carbocycles. The second-order valence-corrected chi connectivity index (χ2v) is 9.10. The zero-order valence-electron chi connectivity index (χ0n) is 21.1. The largest absolute Gasteiger partial charge is 0.491 e. The lowest BCUT2D eigenvalue weighted by Gasteiger charge is -2.30. The first-order chi connectivity index (χ1) is 17.7. The minimum Gasteiger partial charge on any atom is -0.491 e. The minimum atomic E-state index is -1.23. The number of rotatable bonds is 11. The number of alkyl halides is 1. The monoisotopic (exact) mass is 499 g/mol. The Kier molecular flexibility index (Phi) is 9.18. The van der Waals surface area contributed by atoms with Crippen molar-refractivity contribution < 1.29 is 18.7 Å². The van der Waals surface area contributed by atoms with E-state index >= 15 is 0 Å². The first-order valence-corrected chi connectivity index (χ1v) is 11.9. The van der Waals surface area contributed by atoms with E-state index in [0.717, 1.165) is 11.1 Å². The van der Waals surface area contributed by atoms with Crippen LogP contribution >= 0.6 is 0 Å². The number of carbonyl (C=O) groups excluding carboxylic acids is 1. The number of hydrogen-bond donors (Lipinski definition) is 1. The van der Waals surface area contributed by atoms with E-state index in [2.05, 4.69) is 16.4 Å². The molecule has 1 amide bonds. The molecule has 0 saturated carbocycles. The first-order valence-electron chi connectivity index (χ1n) is 11.9. The van der Waals surface area contributed by atoms with Crippen molar-refractivity contribution in [1.82, 2.24) is 10.3 Å². The van der Waals surface area contributed by atoms with Gasteiger partial charge in [-0.2, -0.15) is 10.5 Å². The third kappa shape index (κ3) is 7.52. The number of nitriles is 2. The molecule has 3 rings (SSSR count). The van der Waals surface area contributed by atoms with Crippen LogP contribution in [-0.4, -0.2) is 35.8 Å². The second-order valence-electron chi connectivity index (χ2n) is 9.10. The fourth-order valence-electron chi connectivity index (χ4n) is 3.85. The molecule has 0 radical (unpaired) electrons. The van der Waals surface area contributed by atoms with Gasteiger partial charge in [0.2, 0.25) is 5.88 Å². The SMILES string of the molecule is C[C@H](NC(=O)C(C)(C)Oc1ccc(C#N)cn1)[C@@H](Cc1ccc(OCC[18F])cc1)c1cccc(C#N)c1. The molecule has 2 atom stereocenters. The molecule has 0 spiro atoms. The summed E-state index contributed by atoms with van der Waals surface area (Å²) < 4.78 is 23.6. The molecule has 1 aromatic heterocycles. The molecule has 0 fully saturated rings. The molecule has 37 heavy (non-hydrogen) atoms. The zero-order chi connectivity index (χ0) is 26.8. The summed E-state index contributed by atoms with van der Waals surface area (Å²) in [6.45, 7) is 4.66. The van der Waals surface area contributed by atoms with Gasteiger partial charge in [-0.3, -0.25) is 4.79 Å². The number of halogens is 1. The normalized spacial score (nSPS) is 12.5. The zero-order valence-corrected chi connectivity index (χ0v) is 21.1. The standard InChI is InChI=1S/C29H29FN4O3/c1-20(34-28(35)29(2,3)37-27-12-9-23(18-32)19-33-27)26(24-6-4-5-22(15-24)17-31)16-21-7-10-25(11-8-21)36-14-13-30/h4-12,15,19-20,26H,13-14,16H2,1-3H3,(H,34,35)/t20-,26+/m0/s1/i30-1. The van der Waals surface area contributed by atoms with Crippen LogP contribution in [0.2, 0.25) is 0 Å². The van der Waals surface area contributed by atoms with Crippen LogP contribution in [0.1, 0.15) is 48.9 Å². The van der Waals surface area contributed by atoms with Crippen LogP contribution in [0.25, 0.3) is 0 Å². The van der Waals surface area contributed by atoms with Gasteiger partial charge in [0.1, 0.15) is 25.1 Å². The van der Waals surface area contributed by atoms with Crippen LogP contribution < -0.4 is 14.8 Å². The molecule has 0 aliphatic rings. The Labute approximate surface area is 216 Å². The number of nitrogens with one attached hydrogen (secondary N) is 1. The summed E-state index contributed by atoms with van der Waals surface area (Å²) >= 11 is 0. The third-order valence-corrected chi connectivity index (χ3v) is 5.90. The predicted molar refractivity (Wildman–Crippen MR) is 137 cm³/mol. The van der Waals surface area contributed by atoms with Crippen LogP contribution in [0.4, 0.5) is 4.39 Å². The highest BCUT2D eigenvalue weighted by Crippen LogP contribution is 2.27. The lowest BCUT2D eigenvalue weighted by atomic mass is 9.85. The smallest absolute Gasteiger partial charge is 0.263 e. The number of amides is 1. The number of nitrogens with zero attached hydrogens (tertiary/aromatic N) is 3. The van der Waals surface area contributed by atoms with Gasteiger partial charge in [0.15, 0.2) is 5.60 Å². The van der Waals surface area contributed by atoms with Crippen LogP contribution in [0.15, 0.2) is 66.9 Å². The second kappa shape index (κ2) is 12.5. The summed E-state index contributed by atoms with van der Waals surface area (Å²) in [6.07, 6.45) is 1.97. The molecule has 1 N–H and O–H groups in total. The number of carbonyl (C=O) groups is 1. The van der Waals surface area contributed by atoms with E-state index in [4.69, 9.17) is 14.7 Å². The average molecular weight is 500 g/mol. The fourth-order valence-corrected chi connectivity index (χ4v) is 3.85. The Balaban J connectivity index is 1.79. The Hall–Kier alpha value is -4.43. The van der Waals surface area contributed by atoms with Crippen molar-refractivity contribution in [3.63, 3.8) is 0 Å². The summed E-state index contributed by atoms with van der Waals surface area (Å²) in [6, 6.07) is 21.7. The maximum atomic E-state index is 13.2. The molecule has 0 saturated heterocycles. The summed E-state index contributed by atoms with van der Waals surface area (Å²) in [5.41, 5.74) is 1.61. The van der Waals surface area contributed by atoms with Crippen molar-refractivity contribution in [3.8, 4) is 23.8 Å². The summed E-state index contributed by atoms with van der Waals surface area (Å²) in [4.78, 5) is 17.3. The van der Waals surface area contributed by atoms with Crippen molar-refractivity contribution in [2.24, 2.45) is 0 Å². The highest BCUT2D eigenvalue weighted by molar-refractivity contribution is 5.85. The molecule has 0 aliphatic heterocycles. The van der Waals surface area contributed by atoms with Gasteiger partial charge in [-0.1, -0.05) is 24.3 Å². The van der Waals surface area contributed by atoms with Gasteiger partial charge in [-0.25, -0.2) is 9.37 Å². The Bertz CT molecular complexity index is 1280. The molecule has 8 heteroatoms. The van der Waals surface area contributed by atoms with E-state index in [9.17, 15) is 14.4 Å².